The molecule has 0 atom stereocenters. The monoisotopic (exact) mass is 293 g/mol. The minimum absolute atomic E-state index is 0.229. The highest BCUT2D eigenvalue weighted by molar-refractivity contribution is 7.80. The van der Waals surface area contributed by atoms with Gasteiger partial charge in [-0.1, -0.05) is 19.1 Å². The number of β-amino-alcohol motifs (C(OH)–C–C–N with tert-alkyl or cyclic N) is 1. The van der Waals surface area contributed by atoms with Crippen LogP contribution in [0.4, 0.5) is 5.69 Å². The molecule has 4 nitrogen and oxygen atoms in total. The molecule has 2 N–H and O–H groups in total. The number of thiocarbonyl (C=S) groups is 1. The first-order valence-corrected chi connectivity index (χ1v) is 7.62. The van der Waals surface area contributed by atoms with Gasteiger partial charge in [0.25, 0.3) is 0 Å². The summed E-state index contributed by atoms with van der Waals surface area (Å²) < 4.78 is 0. The lowest BCUT2D eigenvalue weighted by Gasteiger charge is -2.35. The summed E-state index contributed by atoms with van der Waals surface area (Å²) >= 11 is 5.47. The van der Waals surface area contributed by atoms with E-state index >= 15 is 0 Å². The quantitative estimate of drug-likeness (QED) is 0.824. The molecule has 0 amide bonds. The van der Waals surface area contributed by atoms with Gasteiger partial charge in [0.2, 0.25) is 0 Å². The number of rotatable bonds is 4. The third kappa shape index (κ3) is 4.16. The molecule has 0 spiro atoms. The van der Waals surface area contributed by atoms with Crippen LogP contribution in [0.2, 0.25) is 0 Å². The highest BCUT2D eigenvalue weighted by Gasteiger charge is 2.18. The molecular weight excluding hydrogens is 270 g/mol. The number of aliphatic hydroxyl groups is 1. The molecule has 1 aliphatic rings. The van der Waals surface area contributed by atoms with Crippen LogP contribution in [0.15, 0.2) is 24.3 Å². The maximum atomic E-state index is 8.94. The maximum absolute atomic E-state index is 8.94. The second kappa shape index (κ2) is 7.57. The van der Waals surface area contributed by atoms with E-state index in [4.69, 9.17) is 17.3 Å². The molecule has 1 saturated heterocycles. The number of aliphatic hydroxyl groups excluding tert-OH is 1. The van der Waals surface area contributed by atoms with E-state index in [-0.39, 0.29) is 6.61 Å². The Labute approximate surface area is 126 Å². The summed E-state index contributed by atoms with van der Waals surface area (Å²) in [7, 11) is 0. The predicted molar refractivity (Wildman–Crippen MR) is 87.1 cm³/mol. The Bertz CT molecular complexity index is 427. The molecule has 20 heavy (non-hydrogen) atoms. The van der Waals surface area contributed by atoms with Crippen molar-refractivity contribution in [3.05, 3.63) is 29.8 Å². The normalized spacial score (nSPS) is 16.2. The molecule has 0 bridgehead atoms. The second-order valence-corrected chi connectivity index (χ2v) is 5.42. The van der Waals surface area contributed by atoms with Gasteiger partial charge in [0.05, 0.1) is 6.61 Å². The molecule has 0 aromatic heterocycles. The molecule has 1 aromatic rings. The van der Waals surface area contributed by atoms with Gasteiger partial charge < -0.3 is 15.3 Å². The number of benzene rings is 1. The molecule has 5 heteroatoms. The van der Waals surface area contributed by atoms with Crippen LogP contribution >= 0.6 is 12.2 Å². The molecule has 1 fully saturated rings. The van der Waals surface area contributed by atoms with Crippen LogP contribution in [-0.2, 0) is 6.42 Å². The number of aryl methyl sites for hydroxylation is 1. The number of anilines is 1. The first-order valence-electron chi connectivity index (χ1n) is 7.21. The highest BCUT2D eigenvalue weighted by Crippen LogP contribution is 2.12. The molecule has 0 radical (unpaired) electrons. The fraction of sp³-hybridized carbons (Fsp3) is 0.533. The molecule has 0 unspecified atom stereocenters. The second-order valence-electron chi connectivity index (χ2n) is 5.03. The number of hydrogen-bond acceptors (Lipinski definition) is 3. The van der Waals surface area contributed by atoms with Crippen molar-refractivity contribution >= 4 is 23.0 Å². The highest BCUT2D eigenvalue weighted by atomic mass is 32.1. The Morgan fingerprint density at radius 1 is 1.20 bits per heavy atom. The van der Waals surface area contributed by atoms with E-state index in [0.29, 0.717) is 0 Å². The van der Waals surface area contributed by atoms with Crippen molar-refractivity contribution in [1.29, 1.82) is 0 Å². The van der Waals surface area contributed by atoms with Crippen LogP contribution in [0.5, 0.6) is 0 Å². The van der Waals surface area contributed by atoms with Crippen LogP contribution < -0.4 is 5.32 Å². The van der Waals surface area contributed by atoms with Gasteiger partial charge in [-0.2, -0.15) is 0 Å². The smallest absolute Gasteiger partial charge is 0.173 e. The molecular formula is C15H23N3OS. The summed E-state index contributed by atoms with van der Waals surface area (Å²) in [5, 5.41) is 13.0. The summed E-state index contributed by atoms with van der Waals surface area (Å²) in [6, 6.07) is 8.41. The lowest BCUT2D eigenvalue weighted by molar-refractivity contribution is 0.148. The zero-order valence-electron chi connectivity index (χ0n) is 12.0. The Balaban J connectivity index is 1.83. The summed E-state index contributed by atoms with van der Waals surface area (Å²) in [6.07, 6.45) is 1.05. The summed E-state index contributed by atoms with van der Waals surface area (Å²) in [6.45, 7) is 6.88. The first-order chi connectivity index (χ1) is 9.72. The molecule has 0 saturated carbocycles. The average molecular weight is 293 g/mol. The minimum atomic E-state index is 0.229. The predicted octanol–water partition coefficient (Wildman–Crippen LogP) is 1.56. The molecule has 110 valence electrons. The Hall–Kier alpha value is -1.17. The lowest BCUT2D eigenvalue weighted by Crippen LogP contribution is -2.50. The van der Waals surface area contributed by atoms with E-state index in [2.05, 4.69) is 46.3 Å². The fourth-order valence-corrected chi connectivity index (χ4v) is 2.64. The van der Waals surface area contributed by atoms with Crippen molar-refractivity contribution in [2.75, 3.05) is 44.6 Å². The SMILES string of the molecule is CCc1ccc(NC(=S)N2CCN(CCO)CC2)cc1. The van der Waals surface area contributed by atoms with Crippen molar-refractivity contribution < 1.29 is 5.11 Å². The van der Waals surface area contributed by atoms with Gasteiger partial charge in [-0.25, -0.2) is 0 Å². The molecule has 0 aliphatic carbocycles. The Kier molecular flexibility index (Phi) is 5.76. The largest absolute Gasteiger partial charge is 0.395 e. The van der Waals surface area contributed by atoms with Crippen molar-refractivity contribution in [2.24, 2.45) is 0 Å². The average Bonchev–Trinajstić information content (AvgIpc) is 2.49. The van der Waals surface area contributed by atoms with Crippen LogP contribution in [0, 0.1) is 0 Å². The van der Waals surface area contributed by atoms with Crippen molar-refractivity contribution in [3.8, 4) is 0 Å². The molecule has 1 aromatic carbocycles. The van der Waals surface area contributed by atoms with Crippen LogP contribution in [0.3, 0.4) is 0 Å². The molecule has 2 rings (SSSR count). The summed E-state index contributed by atoms with van der Waals surface area (Å²) in [5.41, 5.74) is 2.38. The van der Waals surface area contributed by atoms with Crippen LogP contribution in [0.1, 0.15) is 12.5 Å². The van der Waals surface area contributed by atoms with Crippen molar-refractivity contribution in [2.45, 2.75) is 13.3 Å². The Morgan fingerprint density at radius 3 is 2.40 bits per heavy atom. The van der Waals surface area contributed by atoms with E-state index in [9.17, 15) is 0 Å². The standard InChI is InChI=1S/C15H23N3OS/c1-2-13-3-5-14(6-4-13)16-15(20)18-9-7-17(8-10-18)11-12-19/h3-6,19H,2,7-12H2,1H3,(H,16,20). The van der Waals surface area contributed by atoms with Gasteiger partial charge in [0.1, 0.15) is 0 Å². The zero-order chi connectivity index (χ0) is 14.4. The van der Waals surface area contributed by atoms with Crippen molar-refractivity contribution in [1.82, 2.24) is 9.80 Å². The summed E-state index contributed by atoms with van der Waals surface area (Å²) in [5.74, 6) is 0. The van der Waals surface area contributed by atoms with E-state index < -0.39 is 0 Å². The number of piperazine rings is 1. The van der Waals surface area contributed by atoms with Gasteiger partial charge in [0, 0.05) is 38.4 Å². The molecule has 1 aliphatic heterocycles. The van der Waals surface area contributed by atoms with Gasteiger partial charge in [-0.15, -0.1) is 0 Å². The topological polar surface area (TPSA) is 38.7 Å². The summed E-state index contributed by atoms with van der Waals surface area (Å²) in [4.78, 5) is 4.45. The first kappa shape index (κ1) is 15.2. The number of nitrogens with zero attached hydrogens (tertiary/aromatic N) is 2. The van der Waals surface area contributed by atoms with E-state index in [0.717, 1.165) is 49.9 Å². The third-order valence-electron chi connectivity index (χ3n) is 3.69. The lowest BCUT2D eigenvalue weighted by atomic mass is 10.1. The zero-order valence-corrected chi connectivity index (χ0v) is 12.8. The van der Waals surface area contributed by atoms with Crippen molar-refractivity contribution in [3.63, 3.8) is 0 Å². The van der Waals surface area contributed by atoms with E-state index in [1.165, 1.54) is 5.56 Å². The van der Waals surface area contributed by atoms with E-state index in [1.807, 2.05) is 0 Å². The maximum Gasteiger partial charge on any atom is 0.173 e. The molecule has 1 heterocycles. The van der Waals surface area contributed by atoms with Crippen LogP contribution in [-0.4, -0.2) is 59.3 Å². The third-order valence-corrected chi connectivity index (χ3v) is 4.05. The van der Waals surface area contributed by atoms with Gasteiger partial charge in [-0.3, -0.25) is 4.90 Å². The van der Waals surface area contributed by atoms with Crippen LogP contribution in [0.25, 0.3) is 0 Å². The fourth-order valence-electron chi connectivity index (χ4n) is 2.34. The minimum Gasteiger partial charge on any atom is -0.395 e. The number of hydrogen-bond donors (Lipinski definition) is 2. The van der Waals surface area contributed by atoms with E-state index in [1.54, 1.807) is 0 Å². The Morgan fingerprint density at radius 2 is 1.85 bits per heavy atom. The van der Waals surface area contributed by atoms with Gasteiger partial charge >= 0.3 is 0 Å². The van der Waals surface area contributed by atoms with Gasteiger partial charge in [-0.05, 0) is 36.3 Å². The number of nitrogens with one attached hydrogen (secondary N) is 1. The van der Waals surface area contributed by atoms with Gasteiger partial charge in [0.15, 0.2) is 5.11 Å².